The first kappa shape index (κ1) is 42.4. The van der Waals surface area contributed by atoms with Gasteiger partial charge in [-0.05, 0) is 88.9 Å². The van der Waals surface area contributed by atoms with E-state index in [0.717, 1.165) is 44.2 Å². The van der Waals surface area contributed by atoms with Gasteiger partial charge in [-0.2, -0.15) is 0 Å². The molecule has 0 bridgehead atoms. The molecule has 47 heavy (non-hydrogen) atoms. The predicted octanol–water partition coefficient (Wildman–Crippen LogP) is 8.51. The van der Waals surface area contributed by atoms with Gasteiger partial charge in [0.25, 0.3) is 0 Å². The Labute approximate surface area is 290 Å². The number of esters is 1. The van der Waals surface area contributed by atoms with Crippen LogP contribution in [0.2, 0.25) is 0 Å². The van der Waals surface area contributed by atoms with Crippen molar-refractivity contribution in [2.45, 2.75) is 172 Å². The highest BCUT2D eigenvalue weighted by Crippen LogP contribution is 2.47. The van der Waals surface area contributed by atoms with Gasteiger partial charge in [-0.1, -0.05) is 69.2 Å². The summed E-state index contributed by atoms with van der Waals surface area (Å²) in [6.07, 6.45) is 6.29. The summed E-state index contributed by atoms with van der Waals surface area (Å²) in [5, 5.41) is 0. The van der Waals surface area contributed by atoms with E-state index in [1.165, 1.54) is 32.9 Å². The number of ether oxygens (including phenoxy) is 5. The molecule has 4 aliphatic heterocycles. The summed E-state index contributed by atoms with van der Waals surface area (Å²) < 4.78 is 27.3. The number of carbonyl (C=O) groups excluding carboxylic acids is 1. The Hall–Kier alpha value is -0.770. The first-order valence-electron chi connectivity index (χ1n) is 18.8. The maximum absolute atomic E-state index is 10.3. The lowest BCUT2D eigenvalue weighted by Crippen LogP contribution is -2.65. The molecule has 0 aromatic carbocycles. The number of hydrogen-bond donors (Lipinski definition) is 0. The van der Waals surface area contributed by atoms with Crippen LogP contribution in [-0.2, 0) is 28.5 Å². The number of hydrogen-bond acceptors (Lipinski definition) is 8. The van der Waals surface area contributed by atoms with Crippen molar-refractivity contribution in [1.82, 2.24) is 9.80 Å². The van der Waals surface area contributed by atoms with Crippen LogP contribution in [0, 0.1) is 28.1 Å². The molecule has 278 valence electrons. The molecule has 4 saturated heterocycles. The average Bonchev–Trinajstić information content (AvgIpc) is 2.97. The van der Waals surface area contributed by atoms with Crippen LogP contribution in [0.25, 0.3) is 0 Å². The minimum Gasteiger partial charge on any atom is -0.463 e. The van der Waals surface area contributed by atoms with Gasteiger partial charge in [0.15, 0.2) is 12.6 Å². The molecule has 0 amide bonds. The van der Waals surface area contributed by atoms with Gasteiger partial charge in [0.1, 0.15) is 6.10 Å². The number of rotatable bonds is 7. The highest BCUT2D eigenvalue weighted by molar-refractivity contribution is 5.66. The van der Waals surface area contributed by atoms with Crippen molar-refractivity contribution in [3.63, 3.8) is 0 Å². The maximum Gasteiger partial charge on any atom is 0.302 e. The van der Waals surface area contributed by atoms with E-state index < -0.39 is 0 Å². The standard InChI is InChI=1S/C21H42N2.C11H20O4.C7H14O2/c1-16-11-20(7,8)23(21(9,10)12-16)15-22-13-18(3,4)17(2)19(5,6)14-22;1-3-9-12-5-11(6-13-9)7-14-10(4-2)15-8-11;1-4-7(5-2)9-6(3)8/h16-17H,11-15H2,1-10H3;9-10H,3-8H2,1-2H3;7H,4-5H2,1-3H3. The van der Waals surface area contributed by atoms with Crippen LogP contribution in [0.4, 0.5) is 0 Å². The molecule has 8 heteroatoms. The minimum absolute atomic E-state index is 0.0421. The van der Waals surface area contributed by atoms with Gasteiger partial charge in [-0.15, -0.1) is 0 Å². The molecule has 0 aromatic rings. The van der Waals surface area contributed by atoms with Crippen molar-refractivity contribution >= 4 is 5.97 Å². The second-order valence-electron chi connectivity index (χ2n) is 17.9. The number of carbonyl (C=O) groups is 1. The largest absolute Gasteiger partial charge is 0.463 e. The van der Waals surface area contributed by atoms with Crippen LogP contribution >= 0.6 is 0 Å². The van der Waals surface area contributed by atoms with E-state index in [9.17, 15) is 4.79 Å². The van der Waals surface area contributed by atoms with Crippen molar-refractivity contribution in [2.75, 3.05) is 46.2 Å². The first-order chi connectivity index (χ1) is 21.7. The first-order valence-corrected chi connectivity index (χ1v) is 18.8. The molecule has 4 rings (SSSR count). The quantitative estimate of drug-likeness (QED) is 0.250. The fraction of sp³-hybridized carbons (Fsp3) is 0.974. The van der Waals surface area contributed by atoms with E-state index in [0.29, 0.717) is 48.3 Å². The molecule has 4 aliphatic rings. The van der Waals surface area contributed by atoms with Gasteiger partial charge in [0, 0.05) is 31.1 Å². The summed E-state index contributed by atoms with van der Waals surface area (Å²) in [6.45, 7) is 40.4. The molecule has 0 N–H and O–H groups in total. The summed E-state index contributed by atoms with van der Waals surface area (Å²) in [7, 11) is 0. The van der Waals surface area contributed by atoms with E-state index in [4.69, 9.17) is 23.7 Å². The highest BCUT2D eigenvalue weighted by atomic mass is 16.7. The minimum atomic E-state index is -0.177. The lowest BCUT2D eigenvalue weighted by Gasteiger charge is -2.59. The van der Waals surface area contributed by atoms with E-state index in [-0.39, 0.29) is 30.1 Å². The maximum atomic E-state index is 10.3. The number of piperidine rings is 2. The highest BCUT2D eigenvalue weighted by Gasteiger charge is 2.48. The molecular formula is C39H76N2O6. The van der Waals surface area contributed by atoms with Gasteiger partial charge in [0.2, 0.25) is 0 Å². The lowest BCUT2D eigenvalue weighted by atomic mass is 9.62. The fourth-order valence-corrected chi connectivity index (χ4v) is 8.63. The Morgan fingerprint density at radius 1 is 0.723 bits per heavy atom. The van der Waals surface area contributed by atoms with Crippen molar-refractivity contribution < 1.29 is 28.5 Å². The zero-order valence-electron chi connectivity index (χ0n) is 33.4. The molecule has 4 heterocycles. The van der Waals surface area contributed by atoms with Crippen LogP contribution in [0.5, 0.6) is 0 Å². The zero-order valence-corrected chi connectivity index (χ0v) is 33.4. The van der Waals surface area contributed by atoms with Crippen molar-refractivity contribution in [3.05, 3.63) is 0 Å². The van der Waals surface area contributed by atoms with Gasteiger partial charge in [0.05, 0.1) is 38.5 Å². The Bertz CT molecular complexity index is 868. The molecule has 0 aliphatic carbocycles. The fourth-order valence-electron chi connectivity index (χ4n) is 8.63. The average molecular weight is 669 g/mol. The lowest BCUT2D eigenvalue weighted by molar-refractivity contribution is -0.302. The molecule has 4 fully saturated rings. The van der Waals surface area contributed by atoms with Gasteiger partial charge < -0.3 is 23.7 Å². The Kier molecular flexibility index (Phi) is 15.7. The van der Waals surface area contributed by atoms with Crippen molar-refractivity contribution in [3.8, 4) is 0 Å². The van der Waals surface area contributed by atoms with Gasteiger partial charge in [-0.3, -0.25) is 14.6 Å². The third-order valence-electron chi connectivity index (χ3n) is 11.3. The second-order valence-corrected chi connectivity index (χ2v) is 17.9. The third kappa shape index (κ3) is 12.2. The molecule has 0 radical (unpaired) electrons. The Morgan fingerprint density at radius 3 is 1.40 bits per heavy atom. The summed E-state index contributed by atoms with van der Waals surface area (Å²) in [4.78, 5) is 15.9. The monoisotopic (exact) mass is 669 g/mol. The van der Waals surface area contributed by atoms with Crippen LogP contribution in [0.3, 0.4) is 0 Å². The van der Waals surface area contributed by atoms with Crippen molar-refractivity contribution in [2.24, 2.45) is 28.1 Å². The van der Waals surface area contributed by atoms with Crippen LogP contribution < -0.4 is 0 Å². The van der Waals surface area contributed by atoms with Crippen LogP contribution in [0.1, 0.15) is 142 Å². The van der Waals surface area contributed by atoms with E-state index in [2.05, 4.69) is 92.9 Å². The summed E-state index contributed by atoms with van der Waals surface area (Å²) >= 11 is 0. The van der Waals surface area contributed by atoms with Gasteiger partial charge in [-0.25, -0.2) is 0 Å². The zero-order chi connectivity index (χ0) is 35.8. The summed E-state index contributed by atoms with van der Waals surface area (Å²) in [6, 6.07) is 0. The third-order valence-corrected chi connectivity index (χ3v) is 11.3. The predicted molar refractivity (Wildman–Crippen MR) is 192 cm³/mol. The Morgan fingerprint density at radius 2 is 1.11 bits per heavy atom. The van der Waals surface area contributed by atoms with E-state index >= 15 is 0 Å². The molecule has 8 nitrogen and oxygen atoms in total. The van der Waals surface area contributed by atoms with E-state index in [1.54, 1.807) is 0 Å². The SMILES string of the molecule is CC1CC(C)(C)N(CN2CC(C)(C)C(C)C(C)(C)C2)C(C)(C)C1.CCC(CC)OC(C)=O.CCC1OCC2(CO1)COC(CC)OC2. The second kappa shape index (κ2) is 17.4. The summed E-state index contributed by atoms with van der Waals surface area (Å²) in [5.41, 5.74) is 1.28. The topological polar surface area (TPSA) is 69.7 Å². The molecular weight excluding hydrogens is 592 g/mol. The summed E-state index contributed by atoms with van der Waals surface area (Å²) in [5.74, 6) is 1.41. The molecule has 0 saturated carbocycles. The van der Waals surface area contributed by atoms with Gasteiger partial charge >= 0.3 is 5.97 Å². The van der Waals surface area contributed by atoms with Crippen molar-refractivity contribution in [1.29, 1.82) is 0 Å². The van der Waals surface area contributed by atoms with Crippen LogP contribution in [-0.4, -0.2) is 91.7 Å². The normalized spacial score (nSPS) is 31.0. The molecule has 0 atom stereocenters. The smallest absolute Gasteiger partial charge is 0.302 e. The molecule has 0 unspecified atom stereocenters. The Balaban J connectivity index is 0.000000274. The molecule has 0 aromatic heterocycles. The van der Waals surface area contributed by atoms with E-state index in [1.807, 2.05) is 13.8 Å². The van der Waals surface area contributed by atoms with Crippen LogP contribution in [0.15, 0.2) is 0 Å². The molecule has 1 spiro atoms. The number of likely N-dealkylation sites (tertiary alicyclic amines) is 2. The number of nitrogens with zero attached hydrogens (tertiary/aromatic N) is 2.